The Kier molecular flexibility index (Phi) is 2.22. The number of imide groups is 1. The van der Waals surface area contributed by atoms with Crippen LogP contribution in [0.4, 0.5) is 10.5 Å². The maximum absolute atomic E-state index is 12.0. The van der Waals surface area contributed by atoms with Gasteiger partial charge in [0, 0.05) is 0 Å². The second-order valence-corrected chi connectivity index (χ2v) is 4.53. The molecule has 1 aliphatic heterocycles. The highest BCUT2D eigenvalue weighted by Crippen LogP contribution is 2.24. The molecule has 84 valence electrons. The Morgan fingerprint density at radius 3 is 2.44 bits per heavy atom. The molecule has 0 bridgehead atoms. The predicted octanol–water partition coefficient (Wildman–Crippen LogP) is 1.83. The van der Waals surface area contributed by atoms with Crippen molar-refractivity contribution in [1.82, 2.24) is 5.32 Å². The summed E-state index contributed by atoms with van der Waals surface area (Å²) in [5, 5.41) is 2.65. The molecular weight excluding hydrogens is 204 g/mol. The van der Waals surface area contributed by atoms with E-state index in [1.807, 2.05) is 25.1 Å². The van der Waals surface area contributed by atoms with Crippen LogP contribution in [0, 0.1) is 6.92 Å². The summed E-state index contributed by atoms with van der Waals surface area (Å²) in [6, 6.07) is 6.97. The van der Waals surface area contributed by atoms with E-state index in [0.29, 0.717) is 5.69 Å². The minimum Gasteiger partial charge on any atom is -0.323 e. The number of nitrogens with zero attached hydrogens (tertiary/aromatic N) is 1. The number of benzene rings is 1. The topological polar surface area (TPSA) is 49.4 Å². The van der Waals surface area contributed by atoms with Crippen LogP contribution in [-0.2, 0) is 4.79 Å². The van der Waals surface area contributed by atoms with Crippen LogP contribution in [0.3, 0.4) is 0 Å². The maximum Gasteiger partial charge on any atom is 0.329 e. The summed E-state index contributed by atoms with van der Waals surface area (Å²) < 4.78 is 0. The van der Waals surface area contributed by atoms with Gasteiger partial charge in [-0.15, -0.1) is 0 Å². The van der Waals surface area contributed by atoms with Gasteiger partial charge in [-0.05, 0) is 38.5 Å². The SMILES string of the molecule is Cc1cccc(N2C(=O)NC(C)(C)C2=O)c1. The number of carbonyl (C=O) groups excluding carboxylic acids is 2. The summed E-state index contributed by atoms with van der Waals surface area (Å²) in [5.74, 6) is -0.219. The van der Waals surface area contributed by atoms with Crippen molar-refractivity contribution in [1.29, 1.82) is 0 Å². The number of hydrogen-bond donors (Lipinski definition) is 1. The zero-order valence-electron chi connectivity index (χ0n) is 9.57. The van der Waals surface area contributed by atoms with Gasteiger partial charge in [0.2, 0.25) is 0 Å². The molecule has 1 aliphatic rings. The van der Waals surface area contributed by atoms with E-state index >= 15 is 0 Å². The molecule has 1 saturated heterocycles. The van der Waals surface area contributed by atoms with E-state index in [2.05, 4.69) is 5.32 Å². The van der Waals surface area contributed by atoms with Gasteiger partial charge in [-0.3, -0.25) is 4.79 Å². The van der Waals surface area contributed by atoms with E-state index in [0.717, 1.165) is 5.56 Å². The summed E-state index contributed by atoms with van der Waals surface area (Å²) in [5.41, 5.74) is 0.816. The lowest BCUT2D eigenvalue weighted by Gasteiger charge is -2.16. The average Bonchev–Trinajstić information content (AvgIpc) is 2.36. The molecule has 0 spiro atoms. The van der Waals surface area contributed by atoms with Crippen LogP contribution in [-0.4, -0.2) is 17.5 Å². The van der Waals surface area contributed by atoms with E-state index in [-0.39, 0.29) is 11.9 Å². The van der Waals surface area contributed by atoms with Crippen LogP contribution in [0.2, 0.25) is 0 Å². The van der Waals surface area contributed by atoms with Crippen LogP contribution < -0.4 is 10.2 Å². The van der Waals surface area contributed by atoms with Gasteiger partial charge in [0.25, 0.3) is 5.91 Å². The predicted molar refractivity (Wildman–Crippen MR) is 61.3 cm³/mol. The summed E-state index contributed by atoms with van der Waals surface area (Å²) in [6.45, 7) is 5.32. The van der Waals surface area contributed by atoms with Crippen LogP contribution in [0.1, 0.15) is 19.4 Å². The molecule has 0 saturated carbocycles. The van der Waals surface area contributed by atoms with E-state index in [4.69, 9.17) is 0 Å². The fourth-order valence-corrected chi connectivity index (χ4v) is 1.75. The molecule has 1 fully saturated rings. The third-order valence-electron chi connectivity index (χ3n) is 2.62. The van der Waals surface area contributed by atoms with Crippen molar-refractivity contribution in [3.05, 3.63) is 29.8 Å². The normalized spacial score (nSPS) is 18.8. The Balaban J connectivity index is 2.43. The number of hydrogen-bond acceptors (Lipinski definition) is 2. The lowest BCUT2D eigenvalue weighted by Crippen LogP contribution is -2.40. The average molecular weight is 218 g/mol. The summed E-state index contributed by atoms with van der Waals surface area (Å²) >= 11 is 0. The van der Waals surface area contributed by atoms with E-state index < -0.39 is 5.54 Å². The first kappa shape index (κ1) is 10.7. The first-order valence-electron chi connectivity index (χ1n) is 5.15. The molecule has 1 heterocycles. The third-order valence-corrected chi connectivity index (χ3v) is 2.62. The van der Waals surface area contributed by atoms with Gasteiger partial charge in [-0.2, -0.15) is 0 Å². The lowest BCUT2D eigenvalue weighted by molar-refractivity contribution is -0.120. The van der Waals surface area contributed by atoms with Crippen molar-refractivity contribution >= 4 is 17.6 Å². The molecule has 0 radical (unpaired) electrons. The number of anilines is 1. The molecule has 4 nitrogen and oxygen atoms in total. The number of rotatable bonds is 1. The Morgan fingerprint density at radius 2 is 1.94 bits per heavy atom. The van der Waals surface area contributed by atoms with Crippen LogP contribution in [0.25, 0.3) is 0 Å². The zero-order valence-corrected chi connectivity index (χ0v) is 9.57. The molecule has 4 heteroatoms. The maximum atomic E-state index is 12.0. The van der Waals surface area contributed by atoms with Crippen LogP contribution >= 0.6 is 0 Å². The number of aryl methyl sites for hydroxylation is 1. The van der Waals surface area contributed by atoms with Crippen molar-refractivity contribution in [2.45, 2.75) is 26.3 Å². The molecule has 0 unspecified atom stereocenters. The molecule has 1 aromatic carbocycles. The van der Waals surface area contributed by atoms with Gasteiger partial charge in [0.1, 0.15) is 5.54 Å². The highest BCUT2D eigenvalue weighted by molar-refractivity contribution is 6.23. The first-order chi connectivity index (χ1) is 7.42. The number of nitrogens with one attached hydrogen (secondary N) is 1. The van der Waals surface area contributed by atoms with Crippen molar-refractivity contribution in [2.75, 3.05) is 4.90 Å². The van der Waals surface area contributed by atoms with Crippen molar-refractivity contribution in [3.63, 3.8) is 0 Å². The molecular formula is C12H14N2O2. The molecule has 0 aromatic heterocycles. The molecule has 0 atom stereocenters. The van der Waals surface area contributed by atoms with Gasteiger partial charge in [-0.1, -0.05) is 12.1 Å². The van der Waals surface area contributed by atoms with Gasteiger partial charge in [0.15, 0.2) is 0 Å². The monoisotopic (exact) mass is 218 g/mol. The molecule has 3 amide bonds. The fraction of sp³-hybridized carbons (Fsp3) is 0.333. The molecule has 0 aliphatic carbocycles. The molecule has 1 aromatic rings. The summed E-state index contributed by atoms with van der Waals surface area (Å²) in [7, 11) is 0. The first-order valence-corrected chi connectivity index (χ1v) is 5.15. The Labute approximate surface area is 94.2 Å². The standard InChI is InChI=1S/C12H14N2O2/c1-8-5-4-6-9(7-8)14-10(15)12(2,3)13-11(14)16/h4-7H,1-3H3,(H,13,16). The number of amides is 3. The van der Waals surface area contributed by atoms with Crippen LogP contribution in [0.15, 0.2) is 24.3 Å². The quantitative estimate of drug-likeness (QED) is 0.731. The Morgan fingerprint density at radius 1 is 1.25 bits per heavy atom. The highest BCUT2D eigenvalue weighted by Gasteiger charge is 2.44. The molecule has 16 heavy (non-hydrogen) atoms. The van der Waals surface area contributed by atoms with Gasteiger partial charge < -0.3 is 5.32 Å². The number of carbonyl (C=O) groups is 2. The van der Waals surface area contributed by atoms with Crippen molar-refractivity contribution in [3.8, 4) is 0 Å². The van der Waals surface area contributed by atoms with Gasteiger partial charge in [0.05, 0.1) is 5.69 Å². The zero-order chi connectivity index (χ0) is 11.9. The van der Waals surface area contributed by atoms with Gasteiger partial charge in [-0.25, -0.2) is 9.69 Å². The smallest absolute Gasteiger partial charge is 0.323 e. The summed E-state index contributed by atoms with van der Waals surface area (Å²) in [4.78, 5) is 24.9. The minimum absolute atomic E-state index is 0.219. The fourth-order valence-electron chi connectivity index (χ4n) is 1.75. The lowest BCUT2D eigenvalue weighted by atomic mass is 10.1. The second kappa shape index (κ2) is 3.33. The van der Waals surface area contributed by atoms with Crippen LogP contribution in [0.5, 0.6) is 0 Å². The third kappa shape index (κ3) is 1.56. The Hall–Kier alpha value is -1.84. The highest BCUT2D eigenvalue weighted by atomic mass is 16.2. The second-order valence-electron chi connectivity index (χ2n) is 4.53. The van der Waals surface area contributed by atoms with Crippen molar-refractivity contribution in [2.24, 2.45) is 0 Å². The summed E-state index contributed by atoms with van der Waals surface area (Å²) in [6.07, 6.45) is 0. The number of urea groups is 1. The largest absolute Gasteiger partial charge is 0.329 e. The van der Waals surface area contributed by atoms with E-state index in [1.54, 1.807) is 19.9 Å². The van der Waals surface area contributed by atoms with E-state index in [9.17, 15) is 9.59 Å². The van der Waals surface area contributed by atoms with Crippen molar-refractivity contribution < 1.29 is 9.59 Å². The minimum atomic E-state index is -0.819. The van der Waals surface area contributed by atoms with Gasteiger partial charge >= 0.3 is 6.03 Å². The molecule has 2 rings (SSSR count). The van der Waals surface area contributed by atoms with E-state index in [1.165, 1.54) is 4.90 Å². The Bertz CT molecular complexity index is 466. The molecule has 1 N–H and O–H groups in total.